The zero-order chi connectivity index (χ0) is 59.7. The first-order valence-corrected chi connectivity index (χ1v) is 30.5. The Morgan fingerprint density at radius 1 is 0.630 bits per heavy atom. The lowest BCUT2D eigenvalue weighted by Crippen LogP contribution is -2.70. The van der Waals surface area contributed by atoms with Crippen molar-refractivity contribution in [1.29, 1.82) is 0 Å². The molecule has 0 radical (unpaired) electrons. The fourth-order valence-corrected chi connectivity index (χ4v) is 10.8. The molecule has 18 atom stereocenters. The highest BCUT2D eigenvalue weighted by Gasteiger charge is 2.60. The number of hydrogen-bond donors (Lipinski definition) is 14. The molecule has 0 aliphatic carbocycles. The number of ether oxygens (including phenoxy) is 6. The average Bonchev–Trinajstić information content (AvgIpc) is 3.63. The normalized spacial score (nSPS) is 30.5. The maximum atomic E-state index is 13.4. The minimum atomic E-state index is -3.08. The molecule has 3 rings (SSSR count). The first kappa shape index (κ1) is 72.7. The minimum Gasteiger partial charge on any atom is -0.477 e. The summed E-state index contributed by atoms with van der Waals surface area (Å²) in [6.07, 6.45) is 3.83. The van der Waals surface area contributed by atoms with Crippen LogP contribution < -0.4 is 10.6 Å². The van der Waals surface area contributed by atoms with Crippen LogP contribution >= 0.6 is 0 Å². The predicted molar refractivity (Wildman–Crippen MR) is 297 cm³/mol. The maximum absolute atomic E-state index is 13.4. The average molecular weight is 1170 g/mol. The molecule has 23 heteroatoms. The molecule has 0 saturated carbocycles. The molecule has 474 valence electrons. The first-order chi connectivity index (χ1) is 38.9. The number of aliphatic hydroxyl groups is 11. The van der Waals surface area contributed by atoms with E-state index in [0.717, 1.165) is 84.0 Å². The molecule has 2 amide bonds. The summed E-state index contributed by atoms with van der Waals surface area (Å²) in [4.78, 5) is 38.4. The van der Waals surface area contributed by atoms with E-state index < -0.39 is 148 Å². The smallest absolute Gasteiger partial charge is 0.364 e. The quantitative estimate of drug-likeness (QED) is 0.0308. The molecular formula is C58H106N2O21. The van der Waals surface area contributed by atoms with Gasteiger partial charge in [-0.25, -0.2) is 4.79 Å². The van der Waals surface area contributed by atoms with Crippen molar-refractivity contribution < 1.29 is 104 Å². The number of carboxylic acid groups (broad SMARTS) is 1. The van der Waals surface area contributed by atoms with Crippen LogP contribution in [-0.4, -0.2) is 215 Å². The lowest BCUT2D eigenvalue weighted by molar-refractivity contribution is -0.386. The Hall–Kier alpha value is -2.53. The van der Waals surface area contributed by atoms with Crippen LogP contribution in [0, 0.1) is 0 Å². The van der Waals surface area contributed by atoms with Crippen molar-refractivity contribution in [3.8, 4) is 0 Å². The highest BCUT2D eigenvalue weighted by molar-refractivity contribution is 5.77. The summed E-state index contributed by atoms with van der Waals surface area (Å²) < 4.78 is 34.7. The van der Waals surface area contributed by atoms with E-state index in [0.29, 0.717) is 19.3 Å². The zero-order valence-electron chi connectivity index (χ0n) is 48.6. The fraction of sp³-hybridized carbons (Fsp3) is 0.914. The van der Waals surface area contributed by atoms with Gasteiger partial charge in [-0.2, -0.15) is 0 Å². The number of carbonyl (C=O) groups excluding carboxylic acids is 2. The fourth-order valence-electron chi connectivity index (χ4n) is 10.8. The van der Waals surface area contributed by atoms with Gasteiger partial charge in [0.15, 0.2) is 12.6 Å². The highest BCUT2D eigenvalue weighted by Crippen LogP contribution is 2.38. The van der Waals surface area contributed by atoms with Crippen molar-refractivity contribution >= 4 is 17.8 Å². The van der Waals surface area contributed by atoms with Crippen molar-refractivity contribution in [2.75, 3.05) is 26.4 Å². The Morgan fingerprint density at radius 2 is 1.15 bits per heavy atom. The van der Waals surface area contributed by atoms with Crippen molar-refractivity contribution in [2.45, 2.75) is 310 Å². The Kier molecular flexibility index (Phi) is 36.6. The third-order valence-electron chi connectivity index (χ3n) is 15.7. The number of carbonyl (C=O) groups is 3. The van der Waals surface area contributed by atoms with Crippen molar-refractivity contribution in [3.05, 3.63) is 12.2 Å². The number of unbranched alkanes of at least 4 members (excludes halogenated alkanes) is 22. The minimum absolute atomic E-state index is 0.219. The summed E-state index contributed by atoms with van der Waals surface area (Å²) in [6, 6.07) is -2.53. The molecule has 0 aromatic heterocycles. The van der Waals surface area contributed by atoms with Gasteiger partial charge < -0.3 is 100 Å². The van der Waals surface area contributed by atoms with Gasteiger partial charge in [0, 0.05) is 19.8 Å². The number of nitrogens with one attached hydrogen (secondary N) is 2. The van der Waals surface area contributed by atoms with Gasteiger partial charge in [0.1, 0.15) is 67.1 Å². The van der Waals surface area contributed by atoms with Gasteiger partial charge in [0.25, 0.3) is 5.79 Å². The summed E-state index contributed by atoms with van der Waals surface area (Å²) in [5.74, 6) is -6.11. The van der Waals surface area contributed by atoms with Crippen LogP contribution in [0.1, 0.15) is 201 Å². The Bertz CT molecular complexity index is 1720. The Balaban J connectivity index is 1.66. The van der Waals surface area contributed by atoms with E-state index in [1.807, 2.05) is 0 Å². The lowest BCUT2D eigenvalue weighted by Gasteiger charge is -2.50. The van der Waals surface area contributed by atoms with Crippen LogP contribution in [0.25, 0.3) is 0 Å². The van der Waals surface area contributed by atoms with E-state index in [1.54, 1.807) is 0 Å². The van der Waals surface area contributed by atoms with Gasteiger partial charge in [-0.3, -0.25) is 9.59 Å². The number of amides is 2. The molecule has 23 nitrogen and oxygen atoms in total. The monoisotopic (exact) mass is 1170 g/mol. The molecular weight excluding hydrogens is 1060 g/mol. The highest BCUT2D eigenvalue weighted by atomic mass is 16.8. The van der Waals surface area contributed by atoms with Gasteiger partial charge in [-0.1, -0.05) is 154 Å². The summed E-state index contributed by atoms with van der Waals surface area (Å²) >= 11 is 0. The van der Waals surface area contributed by atoms with Crippen molar-refractivity contribution in [2.24, 2.45) is 0 Å². The van der Waals surface area contributed by atoms with E-state index in [-0.39, 0.29) is 18.9 Å². The van der Waals surface area contributed by atoms with E-state index in [2.05, 4.69) is 36.6 Å². The molecule has 18 unspecified atom stereocenters. The van der Waals surface area contributed by atoms with Gasteiger partial charge >= 0.3 is 5.97 Å². The second-order valence-corrected chi connectivity index (χ2v) is 22.6. The van der Waals surface area contributed by atoms with Gasteiger partial charge in [-0.15, -0.1) is 0 Å². The van der Waals surface area contributed by atoms with Crippen molar-refractivity contribution in [1.82, 2.24) is 10.6 Å². The number of rotatable bonds is 44. The molecule has 81 heavy (non-hydrogen) atoms. The van der Waals surface area contributed by atoms with Crippen LogP contribution in [0.2, 0.25) is 0 Å². The number of aliphatic carboxylic acids is 1. The molecule has 0 aromatic carbocycles. The van der Waals surface area contributed by atoms with Crippen molar-refractivity contribution in [3.63, 3.8) is 0 Å². The summed E-state index contributed by atoms with van der Waals surface area (Å²) in [5.41, 5.74) is 0. The van der Waals surface area contributed by atoms with E-state index in [9.17, 15) is 75.7 Å². The van der Waals surface area contributed by atoms with Crippen LogP contribution in [0.5, 0.6) is 0 Å². The Labute approximate surface area is 480 Å². The standard InChI is InChI=1S/C58H106N2O21/c1-4-6-8-10-12-14-16-18-19-20-22-24-26-28-30-32-45(68)60-39(40(65)31-29-27-25-23-21-17-15-13-11-9-7-5-2)37-76-55-50(72)49(71)52(44(36-63)78-55)79-56-51(73)54(48(70)43(35-62)77-56)81-58(57(74)75)33-41(66)46(59-38(3)64)53(80-58)47(69)42(67)34-61/h14,16,39-44,46-56,61-63,65-67,69-73H,4-13,15,17-37H2,1-3H3,(H,59,64)(H,60,68)(H,74,75)/b16-14-. The molecule has 14 N–H and O–H groups in total. The third-order valence-corrected chi connectivity index (χ3v) is 15.7. The summed E-state index contributed by atoms with van der Waals surface area (Å²) in [7, 11) is 0. The molecule has 0 spiro atoms. The number of allylic oxidation sites excluding steroid dienone is 2. The molecule has 0 bridgehead atoms. The van der Waals surface area contributed by atoms with Crippen LogP contribution in [0.4, 0.5) is 0 Å². The summed E-state index contributed by atoms with van der Waals surface area (Å²) in [5, 5.41) is 136. The van der Waals surface area contributed by atoms with E-state index in [1.165, 1.54) is 70.6 Å². The van der Waals surface area contributed by atoms with Crippen LogP contribution in [0.15, 0.2) is 12.2 Å². The van der Waals surface area contributed by atoms with E-state index in [4.69, 9.17) is 28.4 Å². The molecule has 3 aliphatic heterocycles. The summed E-state index contributed by atoms with van der Waals surface area (Å²) in [6.45, 7) is 2.14. The second kappa shape index (κ2) is 40.7. The molecule has 3 aliphatic rings. The van der Waals surface area contributed by atoms with Crippen LogP contribution in [-0.2, 0) is 42.8 Å². The number of carboxylic acids is 1. The van der Waals surface area contributed by atoms with Gasteiger partial charge in [0.05, 0.1) is 50.7 Å². The largest absolute Gasteiger partial charge is 0.477 e. The Morgan fingerprint density at radius 3 is 1.68 bits per heavy atom. The van der Waals surface area contributed by atoms with Crippen LogP contribution in [0.3, 0.4) is 0 Å². The van der Waals surface area contributed by atoms with Gasteiger partial charge in [0.2, 0.25) is 11.8 Å². The molecule has 0 aromatic rings. The number of hydrogen-bond acceptors (Lipinski definition) is 20. The van der Waals surface area contributed by atoms with Gasteiger partial charge in [-0.05, 0) is 38.5 Å². The molecule has 3 heterocycles. The molecule has 3 saturated heterocycles. The lowest BCUT2D eigenvalue weighted by atomic mass is 9.88. The SMILES string of the molecule is CCCCCC/C=C\CCCCCCCCCC(=O)NC(COC1OC(CO)C(OC2OC(CO)C(O)C(OC3(C(=O)O)CC(O)C(NC(C)=O)C(C(O)C(O)CO)O3)C2O)C(O)C1O)C(O)CCCCCCCCCCCCCC. The van der Waals surface area contributed by atoms with E-state index >= 15 is 0 Å². The second-order valence-electron chi connectivity index (χ2n) is 22.6. The maximum Gasteiger partial charge on any atom is 0.364 e. The number of aliphatic hydroxyl groups excluding tert-OH is 11. The topological polar surface area (TPSA) is 373 Å². The predicted octanol–water partition coefficient (Wildman–Crippen LogP) is 2.78. The molecule has 3 fully saturated rings. The first-order valence-electron chi connectivity index (χ1n) is 30.5. The zero-order valence-corrected chi connectivity index (χ0v) is 48.6. The third kappa shape index (κ3) is 25.1.